The van der Waals surface area contributed by atoms with Crippen molar-refractivity contribution in [3.63, 3.8) is 0 Å². The summed E-state index contributed by atoms with van der Waals surface area (Å²) in [5, 5.41) is 0. The van der Waals surface area contributed by atoms with Crippen LogP contribution in [0.15, 0.2) is 21.5 Å². The van der Waals surface area contributed by atoms with Crippen LogP contribution in [0.25, 0.3) is 0 Å². The number of rotatable bonds is 4. The first-order chi connectivity index (χ1) is 9.35. The highest BCUT2D eigenvalue weighted by Gasteiger charge is 2.31. The van der Waals surface area contributed by atoms with E-state index in [2.05, 4.69) is 20.7 Å². The second kappa shape index (κ2) is 6.09. The van der Waals surface area contributed by atoms with Crippen LogP contribution in [0, 0.1) is 12.7 Å². The number of nitrogens with one attached hydrogen (secondary N) is 1. The number of halogens is 2. The third kappa shape index (κ3) is 3.21. The second-order valence-corrected chi connectivity index (χ2v) is 7.40. The summed E-state index contributed by atoms with van der Waals surface area (Å²) < 4.78 is 46.5. The zero-order valence-electron chi connectivity index (χ0n) is 11.3. The van der Waals surface area contributed by atoms with Gasteiger partial charge in [0.1, 0.15) is 5.82 Å². The number of hydrogen-bond donors (Lipinski definition) is 1. The van der Waals surface area contributed by atoms with E-state index >= 15 is 0 Å². The number of sulfonamides is 1. The first-order valence-corrected chi connectivity index (χ1v) is 8.72. The molecule has 0 radical (unpaired) electrons. The monoisotopic (exact) mass is 365 g/mol. The molecule has 1 N–H and O–H groups in total. The summed E-state index contributed by atoms with van der Waals surface area (Å²) in [7, 11) is -3.68. The summed E-state index contributed by atoms with van der Waals surface area (Å²) in [6.07, 6.45) is 1.30. The number of hydrogen-bond acceptors (Lipinski definition) is 3. The van der Waals surface area contributed by atoms with E-state index in [0.717, 1.165) is 6.42 Å². The third-order valence-corrected chi connectivity index (χ3v) is 5.67. The molecule has 0 saturated carbocycles. The molecule has 0 aromatic heterocycles. The van der Waals surface area contributed by atoms with Crippen molar-refractivity contribution in [3.05, 3.63) is 28.0 Å². The molecule has 7 heteroatoms. The van der Waals surface area contributed by atoms with Crippen LogP contribution in [0.1, 0.15) is 25.3 Å². The van der Waals surface area contributed by atoms with Crippen molar-refractivity contribution in [2.45, 2.75) is 43.7 Å². The van der Waals surface area contributed by atoms with Crippen LogP contribution in [0.4, 0.5) is 4.39 Å². The van der Waals surface area contributed by atoms with Crippen LogP contribution < -0.4 is 4.72 Å². The molecule has 1 fully saturated rings. The average molecular weight is 366 g/mol. The van der Waals surface area contributed by atoms with Crippen LogP contribution in [0.5, 0.6) is 0 Å². The van der Waals surface area contributed by atoms with E-state index in [9.17, 15) is 12.8 Å². The van der Waals surface area contributed by atoms with Crippen LogP contribution in [-0.2, 0) is 14.8 Å². The average Bonchev–Trinajstić information content (AvgIpc) is 2.80. The summed E-state index contributed by atoms with van der Waals surface area (Å²) in [5.74, 6) is -0.475. The van der Waals surface area contributed by atoms with Crippen molar-refractivity contribution in [1.29, 1.82) is 0 Å². The first-order valence-electron chi connectivity index (χ1n) is 6.44. The van der Waals surface area contributed by atoms with Gasteiger partial charge in [-0.05, 0) is 53.4 Å². The van der Waals surface area contributed by atoms with Crippen molar-refractivity contribution in [2.75, 3.05) is 6.61 Å². The molecule has 1 aromatic carbocycles. The molecule has 0 spiro atoms. The molecule has 0 amide bonds. The van der Waals surface area contributed by atoms with Crippen LogP contribution in [0.3, 0.4) is 0 Å². The Morgan fingerprint density at radius 1 is 1.50 bits per heavy atom. The molecule has 1 heterocycles. The fraction of sp³-hybridized carbons (Fsp3) is 0.538. The molecule has 1 aromatic rings. The standard InChI is InChI=1S/C13H17BrFNO3S/c1-3-12-11(4-5-19-12)16-20(17,18)13-7-9(14)10(15)6-8(13)2/h6-7,11-12,16H,3-5H2,1-2H3/t11-,12+/m1/s1. The lowest BCUT2D eigenvalue weighted by Crippen LogP contribution is -2.40. The van der Waals surface area contributed by atoms with E-state index in [1.165, 1.54) is 12.1 Å². The van der Waals surface area contributed by atoms with Gasteiger partial charge in [-0.2, -0.15) is 0 Å². The highest BCUT2D eigenvalue weighted by molar-refractivity contribution is 9.10. The van der Waals surface area contributed by atoms with Gasteiger partial charge >= 0.3 is 0 Å². The van der Waals surface area contributed by atoms with Crippen molar-refractivity contribution < 1.29 is 17.5 Å². The van der Waals surface area contributed by atoms with Crippen molar-refractivity contribution >= 4 is 26.0 Å². The number of ether oxygens (including phenoxy) is 1. The summed E-state index contributed by atoms with van der Waals surface area (Å²) in [4.78, 5) is 0.0903. The van der Waals surface area contributed by atoms with Gasteiger partial charge in [0.2, 0.25) is 10.0 Å². The molecule has 0 aliphatic carbocycles. The molecule has 0 bridgehead atoms. The maximum atomic E-state index is 13.4. The Kier molecular flexibility index (Phi) is 4.84. The van der Waals surface area contributed by atoms with E-state index in [4.69, 9.17) is 4.74 Å². The molecule has 1 aliphatic rings. The summed E-state index contributed by atoms with van der Waals surface area (Å²) in [6.45, 7) is 4.08. The van der Waals surface area contributed by atoms with Gasteiger partial charge in [-0.3, -0.25) is 0 Å². The lowest BCUT2D eigenvalue weighted by Gasteiger charge is -2.19. The number of aryl methyl sites for hydroxylation is 1. The normalized spacial score (nSPS) is 23.2. The molecule has 1 aliphatic heterocycles. The molecule has 2 rings (SSSR count). The molecule has 1 saturated heterocycles. The Bertz CT molecular complexity index is 606. The SMILES string of the molecule is CC[C@@H]1OCC[C@H]1NS(=O)(=O)c1cc(Br)c(F)cc1C. The van der Waals surface area contributed by atoms with Gasteiger partial charge in [0.05, 0.1) is 21.5 Å². The fourth-order valence-corrected chi connectivity index (χ4v) is 4.41. The van der Waals surface area contributed by atoms with Gasteiger partial charge in [-0.25, -0.2) is 17.5 Å². The molecule has 20 heavy (non-hydrogen) atoms. The van der Waals surface area contributed by atoms with E-state index < -0.39 is 15.8 Å². The third-order valence-electron chi connectivity index (χ3n) is 3.43. The van der Waals surface area contributed by atoms with E-state index in [-0.39, 0.29) is 21.5 Å². The van der Waals surface area contributed by atoms with Gasteiger partial charge in [0.25, 0.3) is 0 Å². The van der Waals surface area contributed by atoms with Gasteiger partial charge in [0.15, 0.2) is 0 Å². The molecule has 0 unspecified atom stereocenters. The molecule has 4 nitrogen and oxygen atoms in total. The molecular formula is C13H17BrFNO3S. The maximum absolute atomic E-state index is 13.4. The van der Waals surface area contributed by atoms with E-state index in [1.807, 2.05) is 6.92 Å². The maximum Gasteiger partial charge on any atom is 0.241 e. The van der Waals surface area contributed by atoms with E-state index in [0.29, 0.717) is 18.6 Å². The summed E-state index contributed by atoms with van der Waals surface area (Å²) >= 11 is 3.02. The Balaban J connectivity index is 2.29. The van der Waals surface area contributed by atoms with Crippen molar-refractivity contribution in [2.24, 2.45) is 0 Å². The van der Waals surface area contributed by atoms with Crippen LogP contribution in [-0.4, -0.2) is 27.2 Å². The minimum atomic E-state index is -3.68. The zero-order chi connectivity index (χ0) is 14.9. The Morgan fingerprint density at radius 2 is 2.20 bits per heavy atom. The second-order valence-electron chi connectivity index (χ2n) is 4.87. The quantitative estimate of drug-likeness (QED) is 0.892. The van der Waals surface area contributed by atoms with Crippen LogP contribution in [0.2, 0.25) is 0 Å². The van der Waals surface area contributed by atoms with Gasteiger partial charge in [-0.15, -0.1) is 0 Å². The fourth-order valence-electron chi connectivity index (χ4n) is 2.37. The predicted octanol–water partition coefficient (Wildman–Crippen LogP) is 2.74. The predicted molar refractivity (Wildman–Crippen MR) is 77.6 cm³/mol. The largest absolute Gasteiger partial charge is 0.377 e. The highest BCUT2D eigenvalue weighted by Crippen LogP contribution is 2.25. The lowest BCUT2D eigenvalue weighted by atomic mass is 10.1. The molecular weight excluding hydrogens is 349 g/mol. The smallest absolute Gasteiger partial charge is 0.241 e. The summed E-state index contributed by atoms with van der Waals surface area (Å²) in [5.41, 5.74) is 0.380. The van der Waals surface area contributed by atoms with Crippen molar-refractivity contribution in [1.82, 2.24) is 4.72 Å². The summed E-state index contributed by atoms with van der Waals surface area (Å²) in [6, 6.07) is 2.28. The van der Waals surface area contributed by atoms with Gasteiger partial charge < -0.3 is 4.74 Å². The minimum absolute atomic E-state index is 0.0903. The Labute approximate surface area is 126 Å². The Hall–Kier alpha value is -0.500. The Morgan fingerprint density at radius 3 is 2.85 bits per heavy atom. The lowest BCUT2D eigenvalue weighted by molar-refractivity contribution is 0.0990. The zero-order valence-corrected chi connectivity index (χ0v) is 13.7. The minimum Gasteiger partial charge on any atom is -0.377 e. The molecule has 112 valence electrons. The number of benzene rings is 1. The van der Waals surface area contributed by atoms with Gasteiger partial charge in [-0.1, -0.05) is 6.92 Å². The highest BCUT2D eigenvalue weighted by atomic mass is 79.9. The topological polar surface area (TPSA) is 55.4 Å². The van der Waals surface area contributed by atoms with Gasteiger partial charge in [0, 0.05) is 6.61 Å². The first kappa shape index (κ1) is 15.9. The van der Waals surface area contributed by atoms with Crippen LogP contribution >= 0.6 is 15.9 Å². The molecule has 2 atom stereocenters. The van der Waals surface area contributed by atoms with Crippen molar-refractivity contribution in [3.8, 4) is 0 Å². The van der Waals surface area contributed by atoms with E-state index in [1.54, 1.807) is 6.92 Å².